The van der Waals surface area contributed by atoms with Crippen LogP contribution < -0.4 is 5.32 Å². The molecule has 1 rings (SSSR count). The van der Waals surface area contributed by atoms with Crippen LogP contribution in [0.3, 0.4) is 0 Å². The molecule has 0 bridgehead atoms. The number of alkyl halides is 3. The molecule has 1 unspecified atom stereocenters. The van der Waals surface area contributed by atoms with Crippen LogP contribution in [0.5, 0.6) is 0 Å². The summed E-state index contributed by atoms with van der Waals surface area (Å²) in [6.45, 7) is 2.51. The lowest BCUT2D eigenvalue weighted by Gasteiger charge is -2.19. The van der Waals surface area contributed by atoms with E-state index in [9.17, 15) is 13.2 Å². The molecule has 0 aromatic heterocycles. The van der Waals surface area contributed by atoms with Crippen molar-refractivity contribution in [2.75, 3.05) is 26.3 Å². The first-order valence-electron chi connectivity index (χ1n) is 7.03. The van der Waals surface area contributed by atoms with Gasteiger partial charge in [-0.25, -0.2) is 0 Å². The van der Waals surface area contributed by atoms with Crippen LogP contribution in [0.4, 0.5) is 13.2 Å². The van der Waals surface area contributed by atoms with Gasteiger partial charge >= 0.3 is 6.18 Å². The van der Waals surface area contributed by atoms with Crippen molar-refractivity contribution in [2.45, 2.75) is 31.9 Å². The number of halogens is 4. The summed E-state index contributed by atoms with van der Waals surface area (Å²) < 4.78 is 40.8. The Morgan fingerprint density at radius 1 is 1.33 bits per heavy atom. The zero-order chi connectivity index (χ0) is 15.7. The van der Waals surface area contributed by atoms with E-state index < -0.39 is 12.8 Å². The van der Waals surface area contributed by atoms with Crippen molar-refractivity contribution in [1.82, 2.24) is 5.32 Å². The molecule has 21 heavy (non-hydrogen) atoms. The number of hydrogen-bond donors (Lipinski definition) is 1. The van der Waals surface area contributed by atoms with Gasteiger partial charge in [-0.1, -0.05) is 30.7 Å². The fraction of sp³-hybridized carbons (Fsp3) is 0.600. The molecule has 0 aliphatic rings. The highest BCUT2D eigenvalue weighted by molar-refractivity contribution is 6.30. The van der Waals surface area contributed by atoms with Gasteiger partial charge in [0.15, 0.2) is 0 Å². The first-order chi connectivity index (χ1) is 9.92. The maximum absolute atomic E-state index is 12.0. The number of nitrogens with one attached hydrogen (secondary N) is 1. The van der Waals surface area contributed by atoms with Gasteiger partial charge in [-0.2, -0.15) is 13.2 Å². The van der Waals surface area contributed by atoms with Gasteiger partial charge in [-0.3, -0.25) is 0 Å². The van der Waals surface area contributed by atoms with Crippen molar-refractivity contribution in [3.8, 4) is 0 Å². The molecule has 0 amide bonds. The van der Waals surface area contributed by atoms with Gasteiger partial charge in [0, 0.05) is 18.2 Å². The van der Waals surface area contributed by atoms with E-state index in [-0.39, 0.29) is 12.5 Å². The molecule has 0 aliphatic heterocycles. The molecule has 0 aliphatic carbocycles. The van der Waals surface area contributed by atoms with Gasteiger partial charge in [0.2, 0.25) is 0 Å². The summed E-state index contributed by atoms with van der Waals surface area (Å²) in [6.07, 6.45) is -2.74. The van der Waals surface area contributed by atoms with E-state index in [1.54, 1.807) is 6.07 Å². The first kappa shape index (κ1) is 18.3. The quantitative estimate of drug-likeness (QED) is 0.680. The van der Waals surface area contributed by atoms with Crippen molar-refractivity contribution in [3.05, 3.63) is 34.9 Å². The Balaban J connectivity index is 2.52. The van der Waals surface area contributed by atoms with Crippen molar-refractivity contribution in [3.63, 3.8) is 0 Å². The minimum absolute atomic E-state index is 0.0739. The Hall–Kier alpha value is -0.780. The van der Waals surface area contributed by atoms with Gasteiger partial charge in [-0.05, 0) is 43.0 Å². The minimum atomic E-state index is -4.27. The van der Waals surface area contributed by atoms with Gasteiger partial charge in [0.1, 0.15) is 6.61 Å². The molecule has 0 spiro atoms. The van der Waals surface area contributed by atoms with E-state index in [0.717, 1.165) is 18.5 Å². The summed E-state index contributed by atoms with van der Waals surface area (Å²) in [4.78, 5) is 0. The van der Waals surface area contributed by atoms with E-state index >= 15 is 0 Å². The zero-order valence-electron chi connectivity index (χ0n) is 12.0. The van der Waals surface area contributed by atoms with Crippen molar-refractivity contribution >= 4 is 11.6 Å². The molecular weight excluding hydrogens is 303 g/mol. The maximum atomic E-state index is 12.0. The first-order valence-corrected chi connectivity index (χ1v) is 7.41. The fourth-order valence-electron chi connectivity index (χ4n) is 2.01. The summed E-state index contributed by atoms with van der Waals surface area (Å²) in [5.74, 6) is 0.0866. The molecule has 120 valence electrons. The van der Waals surface area contributed by atoms with E-state index in [1.165, 1.54) is 0 Å². The molecule has 1 aromatic rings. The van der Waals surface area contributed by atoms with E-state index in [1.807, 2.05) is 18.2 Å². The van der Waals surface area contributed by atoms with Crippen molar-refractivity contribution in [1.29, 1.82) is 0 Å². The van der Waals surface area contributed by atoms with E-state index in [4.69, 9.17) is 16.3 Å². The summed E-state index contributed by atoms with van der Waals surface area (Å²) in [7, 11) is 0. The second-order valence-electron chi connectivity index (χ2n) is 4.91. The van der Waals surface area contributed by atoms with Gasteiger partial charge in [0.25, 0.3) is 0 Å². The summed E-state index contributed by atoms with van der Waals surface area (Å²) in [5, 5.41) is 3.92. The van der Waals surface area contributed by atoms with E-state index in [0.29, 0.717) is 18.0 Å². The molecule has 0 fully saturated rings. The Morgan fingerprint density at radius 3 is 2.71 bits per heavy atom. The molecule has 0 heterocycles. The fourth-order valence-corrected chi connectivity index (χ4v) is 2.21. The molecule has 1 N–H and O–H groups in total. The topological polar surface area (TPSA) is 21.3 Å². The lowest BCUT2D eigenvalue weighted by Crippen LogP contribution is -2.24. The molecule has 2 nitrogen and oxygen atoms in total. The largest absolute Gasteiger partial charge is 0.411 e. The second kappa shape index (κ2) is 9.28. The maximum Gasteiger partial charge on any atom is 0.411 e. The molecule has 0 saturated carbocycles. The Labute approximate surface area is 128 Å². The number of rotatable bonds is 9. The number of benzene rings is 1. The lowest BCUT2D eigenvalue weighted by molar-refractivity contribution is -0.174. The summed E-state index contributed by atoms with van der Waals surface area (Å²) >= 11 is 5.97. The average molecular weight is 324 g/mol. The van der Waals surface area contributed by atoms with Crippen LogP contribution in [-0.2, 0) is 4.74 Å². The molecule has 1 atom stereocenters. The van der Waals surface area contributed by atoms with Gasteiger partial charge in [0.05, 0.1) is 0 Å². The van der Waals surface area contributed by atoms with Gasteiger partial charge in [-0.15, -0.1) is 0 Å². The number of hydrogen-bond acceptors (Lipinski definition) is 2. The third-order valence-electron chi connectivity index (χ3n) is 3.01. The average Bonchev–Trinajstić information content (AvgIpc) is 2.40. The summed E-state index contributed by atoms with van der Waals surface area (Å²) in [5.41, 5.74) is 1.02. The molecule has 0 radical (unpaired) electrons. The third kappa shape index (κ3) is 8.29. The van der Waals surface area contributed by atoms with Crippen LogP contribution in [0.2, 0.25) is 5.02 Å². The van der Waals surface area contributed by atoms with Crippen LogP contribution in [0.15, 0.2) is 24.3 Å². The van der Waals surface area contributed by atoms with Crippen LogP contribution in [0, 0.1) is 0 Å². The van der Waals surface area contributed by atoms with Crippen LogP contribution in [0.1, 0.15) is 31.2 Å². The Bertz CT molecular complexity index is 412. The lowest BCUT2D eigenvalue weighted by atomic mass is 9.96. The smallest absolute Gasteiger partial charge is 0.372 e. The third-order valence-corrected chi connectivity index (χ3v) is 3.25. The summed E-state index contributed by atoms with van der Waals surface area (Å²) in [6, 6.07) is 7.42. The van der Waals surface area contributed by atoms with Crippen LogP contribution in [0.25, 0.3) is 0 Å². The van der Waals surface area contributed by atoms with E-state index in [2.05, 4.69) is 12.2 Å². The minimum Gasteiger partial charge on any atom is -0.372 e. The highest BCUT2D eigenvalue weighted by atomic mass is 35.5. The Kier molecular flexibility index (Phi) is 8.07. The second-order valence-corrected chi connectivity index (χ2v) is 5.35. The van der Waals surface area contributed by atoms with Gasteiger partial charge < -0.3 is 10.1 Å². The predicted molar refractivity (Wildman–Crippen MR) is 78.8 cm³/mol. The zero-order valence-corrected chi connectivity index (χ0v) is 12.8. The molecular formula is C15H21ClF3NO. The van der Waals surface area contributed by atoms with Crippen LogP contribution in [-0.4, -0.2) is 32.5 Å². The predicted octanol–water partition coefficient (Wildman–Crippen LogP) is 4.39. The standard InChI is InChI=1S/C15H21ClF3NO/c1-2-7-20-10-13(6-8-21-11-15(17,18)19)12-4-3-5-14(16)9-12/h3-5,9,13,20H,2,6-8,10-11H2,1H3. The highest BCUT2D eigenvalue weighted by Crippen LogP contribution is 2.23. The molecule has 6 heteroatoms. The Morgan fingerprint density at radius 2 is 2.10 bits per heavy atom. The van der Waals surface area contributed by atoms with Crippen molar-refractivity contribution < 1.29 is 17.9 Å². The van der Waals surface area contributed by atoms with Crippen LogP contribution >= 0.6 is 11.6 Å². The monoisotopic (exact) mass is 323 g/mol. The highest BCUT2D eigenvalue weighted by Gasteiger charge is 2.27. The normalized spacial score (nSPS) is 13.4. The molecule has 1 aromatic carbocycles. The number of ether oxygens (including phenoxy) is 1. The molecule has 0 saturated heterocycles. The SMILES string of the molecule is CCCNCC(CCOCC(F)(F)F)c1cccc(Cl)c1. The van der Waals surface area contributed by atoms with Crippen molar-refractivity contribution in [2.24, 2.45) is 0 Å².